The van der Waals surface area contributed by atoms with E-state index in [2.05, 4.69) is 0 Å². The first-order valence-corrected chi connectivity index (χ1v) is 7.89. The van der Waals surface area contributed by atoms with E-state index < -0.39 is 27.9 Å². The summed E-state index contributed by atoms with van der Waals surface area (Å²) in [5.41, 5.74) is 0. The third-order valence-electron chi connectivity index (χ3n) is 2.67. The van der Waals surface area contributed by atoms with Gasteiger partial charge in [0.15, 0.2) is 0 Å². The Hall–Kier alpha value is -1.15. The summed E-state index contributed by atoms with van der Waals surface area (Å²) in [6.45, 7) is 1.61. The number of unbranched alkanes of at least 4 members (excludes halogenated alkanes) is 2. The van der Waals surface area contributed by atoms with E-state index in [0.29, 0.717) is 19.3 Å². The van der Waals surface area contributed by atoms with E-state index in [9.17, 15) is 18.0 Å². The molecule has 0 bridgehead atoms. The fourth-order valence-electron chi connectivity index (χ4n) is 1.52. The average Bonchev–Trinajstić information content (AvgIpc) is 2.24. The Bertz CT molecular complexity index is 405. The van der Waals surface area contributed by atoms with Crippen molar-refractivity contribution in [2.45, 2.75) is 32.6 Å². The lowest BCUT2D eigenvalue weighted by Crippen LogP contribution is -2.36. The van der Waals surface area contributed by atoms with Crippen molar-refractivity contribution in [3.63, 3.8) is 0 Å². The van der Waals surface area contributed by atoms with Gasteiger partial charge in [-0.15, -0.1) is 0 Å². The first-order chi connectivity index (χ1) is 8.64. The molecule has 0 rings (SSSR count). The molecule has 112 valence electrons. The van der Waals surface area contributed by atoms with E-state index in [-0.39, 0.29) is 19.5 Å². The molecule has 7 nitrogen and oxygen atoms in total. The molecule has 0 aliphatic heterocycles. The van der Waals surface area contributed by atoms with Crippen molar-refractivity contribution < 1.29 is 28.2 Å². The van der Waals surface area contributed by atoms with Crippen LogP contribution in [0.5, 0.6) is 0 Å². The number of hydrogen-bond acceptors (Lipinski definition) is 4. The molecule has 0 aliphatic rings. The van der Waals surface area contributed by atoms with E-state index in [1.807, 2.05) is 0 Å². The van der Waals surface area contributed by atoms with Gasteiger partial charge in [0, 0.05) is 19.5 Å². The Morgan fingerprint density at radius 3 is 2.16 bits per heavy atom. The summed E-state index contributed by atoms with van der Waals surface area (Å²) < 4.78 is 24.1. The third kappa shape index (κ3) is 8.55. The highest BCUT2D eigenvalue weighted by atomic mass is 32.2. The van der Waals surface area contributed by atoms with Crippen molar-refractivity contribution in [3.05, 3.63) is 0 Å². The minimum Gasteiger partial charge on any atom is -0.481 e. The van der Waals surface area contributed by atoms with E-state index in [1.54, 1.807) is 0 Å². The van der Waals surface area contributed by atoms with Crippen LogP contribution < -0.4 is 0 Å². The SMILES string of the molecule is CC(CN(CCCCCC(=O)O)S(C)(=O)=O)C(=O)O. The molecule has 0 spiro atoms. The highest BCUT2D eigenvalue weighted by Crippen LogP contribution is 2.09. The minimum atomic E-state index is -3.44. The number of carbonyl (C=O) groups is 2. The van der Waals surface area contributed by atoms with Crippen LogP contribution >= 0.6 is 0 Å². The van der Waals surface area contributed by atoms with Crippen molar-refractivity contribution in [1.29, 1.82) is 0 Å². The van der Waals surface area contributed by atoms with Crippen LogP contribution in [0.4, 0.5) is 0 Å². The van der Waals surface area contributed by atoms with Crippen LogP contribution in [0.25, 0.3) is 0 Å². The predicted octanol–water partition coefficient (Wildman–Crippen LogP) is 0.614. The van der Waals surface area contributed by atoms with Gasteiger partial charge < -0.3 is 10.2 Å². The van der Waals surface area contributed by atoms with Crippen LogP contribution in [-0.2, 0) is 19.6 Å². The highest BCUT2D eigenvalue weighted by molar-refractivity contribution is 7.88. The monoisotopic (exact) mass is 295 g/mol. The van der Waals surface area contributed by atoms with Crippen LogP contribution in [0.15, 0.2) is 0 Å². The Morgan fingerprint density at radius 2 is 1.74 bits per heavy atom. The van der Waals surface area contributed by atoms with Gasteiger partial charge in [-0.3, -0.25) is 9.59 Å². The molecule has 0 aromatic rings. The maximum absolute atomic E-state index is 11.5. The van der Waals surface area contributed by atoms with Crippen molar-refractivity contribution in [3.8, 4) is 0 Å². The van der Waals surface area contributed by atoms with E-state index >= 15 is 0 Å². The van der Waals surface area contributed by atoms with Crippen LogP contribution in [0.3, 0.4) is 0 Å². The second kappa shape index (κ2) is 8.11. The molecule has 0 amide bonds. The zero-order chi connectivity index (χ0) is 15.1. The van der Waals surface area contributed by atoms with Gasteiger partial charge in [0.1, 0.15) is 0 Å². The first kappa shape index (κ1) is 17.8. The summed E-state index contributed by atoms with van der Waals surface area (Å²) in [6, 6.07) is 0. The molecule has 1 unspecified atom stereocenters. The van der Waals surface area contributed by atoms with Gasteiger partial charge in [0.2, 0.25) is 10.0 Å². The molecule has 0 fully saturated rings. The lowest BCUT2D eigenvalue weighted by molar-refractivity contribution is -0.141. The molecule has 0 radical (unpaired) electrons. The van der Waals surface area contributed by atoms with E-state index in [1.165, 1.54) is 6.92 Å². The summed E-state index contributed by atoms with van der Waals surface area (Å²) in [4.78, 5) is 21.0. The highest BCUT2D eigenvalue weighted by Gasteiger charge is 2.22. The number of carboxylic acids is 2. The average molecular weight is 295 g/mol. The van der Waals surface area contributed by atoms with Gasteiger partial charge in [-0.2, -0.15) is 0 Å². The fraction of sp³-hybridized carbons (Fsp3) is 0.818. The zero-order valence-corrected chi connectivity index (χ0v) is 12.0. The number of rotatable bonds is 10. The maximum atomic E-state index is 11.5. The Balaban J connectivity index is 4.24. The van der Waals surface area contributed by atoms with E-state index in [0.717, 1.165) is 10.6 Å². The number of sulfonamides is 1. The van der Waals surface area contributed by atoms with Gasteiger partial charge in [-0.1, -0.05) is 13.3 Å². The van der Waals surface area contributed by atoms with Crippen molar-refractivity contribution in [1.82, 2.24) is 4.31 Å². The molecule has 1 atom stereocenters. The van der Waals surface area contributed by atoms with Crippen molar-refractivity contribution in [2.24, 2.45) is 5.92 Å². The molecule has 0 aromatic carbocycles. The summed E-state index contributed by atoms with van der Waals surface area (Å²) in [5.74, 6) is -2.69. The largest absolute Gasteiger partial charge is 0.481 e. The molecular formula is C11H21NO6S. The molecule has 0 saturated heterocycles. The van der Waals surface area contributed by atoms with Crippen LogP contribution in [0, 0.1) is 5.92 Å². The quantitative estimate of drug-likeness (QED) is 0.571. The Kier molecular flexibility index (Phi) is 7.62. The van der Waals surface area contributed by atoms with Crippen LogP contribution in [0.2, 0.25) is 0 Å². The van der Waals surface area contributed by atoms with Gasteiger partial charge in [0.05, 0.1) is 12.2 Å². The fourth-order valence-corrected chi connectivity index (χ4v) is 2.47. The lowest BCUT2D eigenvalue weighted by atomic mass is 10.1. The standard InChI is InChI=1S/C11H21NO6S/c1-9(11(15)16)8-12(19(2,17)18)7-5-3-4-6-10(13)14/h9H,3-8H2,1-2H3,(H,13,14)(H,15,16). The van der Waals surface area contributed by atoms with Gasteiger partial charge in [-0.05, 0) is 12.8 Å². The molecule has 0 aliphatic carbocycles. The minimum absolute atomic E-state index is 0.0599. The predicted molar refractivity (Wildman–Crippen MR) is 69.3 cm³/mol. The van der Waals surface area contributed by atoms with Crippen molar-refractivity contribution in [2.75, 3.05) is 19.3 Å². The smallest absolute Gasteiger partial charge is 0.307 e. The molecule has 19 heavy (non-hydrogen) atoms. The lowest BCUT2D eigenvalue weighted by Gasteiger charge is -2.21. The van der Waals surface area contributed by atoms with Gasteiger partial charge in [-0.25, -0.2) is 12.7 Å². The van der Waals surface area contributed by atoms with Crippen LogP contribution in [0.1, 0.15) is 32.6 Å². The molecular weight excluding hydrogens is 274 g/mol. The summed E-state index contributed by atoms with van der Waals surface area (Å²) in [6.07, 6.45) is 2.71. The third-order valence-corrected chi connectivity index (χ3v) is 3.94. The molecule has 8 heteroatoms. The summed E-state index contributed by atoms with van der Waals surface area (Å²) >= 11 is 0. The maximum Gasteiger partial charge on any atom is 0.307 e. The normalized spacial score (nSPS) is 13.4. The summed E-state index contributed by atoms with van der Waals surface area (Å²) in [7, 11) is -3.44. The number of carboxylic acid groups (broad SMARTS) is 2. The van der Waals surface area contributed by atoms with Gasteiger partial charge in [0.25, 0.3) is 0 Å². The molecule has 0 heterocycles. The van der Waals surface area contributed by atoms with E-state index in [4.69, 9.17) is 10.2 Å². The van der Waals surface area contributed by atoms with Crippen molar-refractivity contribution >= 4 is 22.0 Å². The number of hydrogen-bond donors (Lipinski definition) is 2. The second-order valence-electron chi connectivity index (χ2n) is 4.56. The Labute approximate surface area is 113 Å². The second-order valence-corrected chi connectivity index (χ2v) is 6.55. The molecule has 2 N–H and O–H groups in total. The number of aliphatic carboxylic acids is 2. The number of nitrogens with zero attached hydrogens (tertiary/aromatic N) is 1. The van der Waals surface area contributed by atoms with Gasteiger partial charge >= 0.3 is 11.9 Å². The molecule has 0 saturated carbocycles. The summed E-state index contributed by atoms with van der Waals surface area (Å²) in [5, 5.41) is 17.2. The molecule has 0 aromatic heterocycles. The Morgan fingerprint density at radius 1 is 1.16 bits per heavy atom. The topological polar surface area (TPSA) is 112 Å². The zero-order valence-electron chi connectivity index (χ0n) is 11.2. The first-order valence-electron chi connectivity index (χ1n) is 6.04. The van der Waals surface area contributed by atoms with Crippen LogP contribution in [-0.4, -0.2) is 54.2 Å².